The minimum absolute atomic E-state index is 0.0275. The van der Waals surface area contributed by atoms with Crippen LogP contribution >= 0.6 is 0 Å². The summed E-state index contributed by atoms with van der Waals surface area (Å²) < 4.78 is 13.2. The predicted molar refractivity (Wildman–Crippen MR) is 97.0 cm³/mol. The summed E-state index contributed by atoms with van der Waals surface area (Å²) in [5.41, 5.74) is 2.67. The molecule has 2 aromatic rings. The molecule has 1 spiro atoms. The SMILES string of the molecule is O=C1NCc2ccccc2CC12CCCN(Cc1ccc(F)cc1O)C2. The van der Waals surface area contributed by atoms with E-state index in [0.717, 1.165) is 31.9 Å². The number of benzene rings is 2. The molecule has 0 aromatic heterocycles. The van der Waals surface area contributed by atoms with Gasteiger partial charge in [-0.05, 0) is 43.0 Å². The van der Waals surface area contributed by atoms with Crippen LogP contribution in [-0.2, 0) is 24.3 Å². The van der Waals surface area contributed by atoms with Gasteiger partial charge in [-0.15, -0.1) is 0 Å². The summed E-state index contributed by atoms with van der Waals surface area (Å²) in [6.45, 7) is 2.61. The number of hydrogen-bond acceptors (Lipinski definition) is 3. The zero-order valence-electron chi connectivity index (χ0n) is 14.7. The number of aromatic hydroxyl groups is 1. The number of likely N-dealkylation sites (tertiary alicyclic amines) is 1. The standard InChI is InChI=1S/C21H23FN2O2/c22-18-7-6-17(19(25)10-18)13-24-9-3-8-21(14-24)11-15-4-1-2-5-16(15)12-23-20(21)26/h1-2,4-7,10,25H,3,8-9,11-14H2,(H,23,26). The Labute approximate surface area is 152 Å². The van der Waals surface area contributed by atoms with Crippen LogP contribution in [0.3, 0.4) is 0 Å². The minimum Gasteiger partial charge on any atom is -0.508 e. The topological polar surface area (TPSA) is 52.6 Å². The van der Waals surface area contributed by atoms with Crippen molar-refractivity contribution in [3.05, 3.63) is 65.0 Å². The molecule has 2 aliphatic rings. The Morgan fingerprint density at radius 3 is 2.81 bits per heavy atom. The molecule has 2 N–H and O–H groups in total. The Morgan fingerprint density at radius 1 is 1.19 bits per heavy atom. The second-order valence-corrected chi connectivity index (χ2v) is 7.50. The average molecular weight is 354 g/mol. The van der Waals surface area contributed by atoms with Gasteiger partial charge in [0.05, 0.1) is 5.41 Å². The van der Waals surface area contributed by atoms with Gasteiger partial charge in [0, 0.05) is 31.3 Å². The van der Waals surface area contributed by atoms with Crippen molar-refractivity contribution in [3.63, 3.8) is 0 Å². The van der Waals surface area contributed by atoms with E-state index in [9.17, 15) is 14.3 Å². The van der Waals surface area contributed by atoms with Crippen molar-refractivity contribution in [2.24, 2.45) is 5.41 Å². The summed E-state index contributed by atoms with van der Waals surface area (Å²) >= 11 is 0. The molecule has 1 amide bonds. The summed E-state index contributed by atoms with van der Waals surface area (Å²) in [5, 5.41) is 13.1. The van der Waals surface area contributed by atoms with Crippen LogP contribution in [0, 0.1) is 11.2 Å². The summed E-state index contributed by atoms with van der Waals surface area (Å²) in [4.78, 5) is 15.1. The number of phenolic OH excluding ortho intramolecular Hbond substituents is 1. The van der Waals surface area contributed by atoms with Gasteiger partial charge in [-0.1, -0.05) is 30.3 Å². The molecular formula is C21H23FN2O2. The highest BCUT2D eigenvalue weighted by molar-refractivity contribution is 5.84. The second kappa shape index (κ2) is 6.72. The van der Waals surface area contributed by atoms with Gasteiger partial charge >= 0.3 is 0 Å². The molecule has 5 heteroatoms. The highest BCUT2D eigenvalue weighted by Crippen LogP contribution is 2.37. The van der Waals surface area contributed by atoms with Crippen LogP contribution in [0.15, 0.2) is 42.5 Å². The van der Waals surface area contributed by atoms with Gasteiger partial charge in [0.1, 0.15) is 11.6 Å². The first-order valence-corrected chi connectivity index (χ1v) is 9.11. The van der Waals surface area contributed by atoms with Crippen LogP contribution in [-0.4, -0.2) is 29.0 Å². The van der Waals surface area contributed by atoms with Crippen molar-refractivity contribution >= 4 is 5.91 Å². The smallest absolute Gasteiger partial charge is 0.228 e. The van der Waals surface area contributed by atoms with E-state index in [1.165, 1.54) is 17.2 Å². The fourth-order valence-corrected chi connectivity index (χ4v) is 4.31. The van der Waals surface area contributed by atoms with Gasteiger partial charge in [-0.3, -0.25) is 9.69 Å². The molecule has 1 unspecified atom stereocenters. The van der Waals surface area contributed by atoms with E-state index in [4.69, 9.17) is 0 Å². The highest BCUT2D eigenvalue weighted by Gasteiger charge is 2.43. The number of rotatable bonds is 2. The van der Waals surface area contributed by atoms with Crippen molar-refractivity contribution in [1.82, 2.24) is 10.2 Å². The fraction of sp³-hybridized carbons (Fsp3) is 0.381. The fourth-order valence-electron chi connectivity index (χ4n) is 4.31. The van der Waals surface area contributed by atoms with Crippen LogP contribution in [0.1, 0.15) is 29.5 Å². The molecule has 0 saturated carbocycles. The Kier molecular flexibility index (Phi) is 4.41. The van der Waals surface area contributed by atoms with E-state index in [1.807, 2.05) is 12.1 Å². The molecule has 136 valence electrons. The molecule has 4 rings (SSSR count). The van der Waals surface area contributed by atoms with Crippen LogP contribution in [0.25, 0.3) is 0 Å². The largest absolute Gasteiger partial charge is 0.508 e. The van der Waals surface area contributed by atoms with Crippen LogP contribution in [0.5, 0.6) is 5.75 Å². The van der Waals surface area contributed by atoms with Crippen LogP contribution in [0.2, 0.25) is 0 Å². The molecule has 26 heavy (non-hydrogen) atoms. The number of halogens is 1. The molecule has 2 aromatic carbocycles. The number of piperidine rings is 1. The van der Waals surface area contributed by atoms with E-state index in [-0.39, 0.29) is 11.7 Å². The number of nitrogens with zero attached hydrogens (tertiary/aromatic N) is 1. The van der Waals surface area contributed by atoms with Gasteiger partial charge in [-0.2, -0.15) is 0 Å². The number of phenols is 1. The van der Waals surface area contributed by atoms with E-state index in [1.54, 1.807) is 6.07 Å². The Balaban J connectivity index is 1.57. The summed E-state index contributed by atoms with van der Waals surface area (Å²) in [6.07, 6.45) is 2.53. The number of carbonyl (C=O) groups excluding carboxylic acids is 1. The zero-order valence-corrected chi connectivity index (χ0v) is 14.7. The highest BCUT2D eigenvalue weighted by atomic mass is 19.1. The first-order chi connectivity index (χ1) is 12.6. The molecule has 4 nitrogen and oxygen atoms in total. The Morgan fingerprint density at radius 2 is 2.00 bits per heavy atom. The first kappa shape index (κ1) is 17.0. The van der Waals surface area contributed by atoms with Crippen molar-refractivity contribution in [2.45, 2.75) is 32.4 Å². The molecule has 1 atom stereocenters. The first-order valence-electron chi connectivity index (χ1n) is 9.11. The van der Waals surface area contributed by atoms with E-state index < -0.39 is 11.2 Å². The van der Waals surface area contributed by atoms with Crippen LogP contribution < -0.4 is 5.32 Å². The molecule has 2 heterocycles. The summed E-state index contributed by atoms with van der Waals surface area (Å²) in [7, 11) is 0. The van der Waals surface area contributed by atoms with Gasteiger partial charge in [-0.25, -0.2) is 4.39 Å². The maximum atomic E-state index is 13.2. The average Bonchev–Trinajstić information content (AvgIpc) is 2.75. The molecule has 0 aliphatic carbocycles. The normalized spacial score (nSPS) is 23.3. The van der Waals surface area contributed by atoms with Crippen molar-refractivity contribution in [1.29, 1.82) is 0 Å². The molecule has 0 bridgehead atoms. The van der Waals surface area contributed by atoms with Crippen molar-refractivity contribution < 1.29 is 14.3 Å². The maximum absolute atomic E-state index is 13.2. The quantitative estimate of drug-likeness (QED) is 0.872. The maximum Gasteiger partial charge on any atom is 0.228 e. The minimum atomic E-state index is -0.444. The third-order valence-electron chi connectivity index (χ3n) is 5.67. The molecule has 1 fully saturated rings. The number of hydrogen-bond donors (Lipinski definition) is 2. The number of fused-ring (bicyclic) bond motifs is 1. The lowest BCUT2D eigenvalue weighted by Gasteiger charge is -2.41. The zero-order chi connectivity index (χ0) is 18.1. The molecular weight excluding hydrogens is 331 g/mol. The molecule has 1 saturated heterocycles. The summed E-state index contributed by atoms with van der Waals surface area (Å²) in [5.74, 6) is -0.358. The molecule has 0 radical (unpaired) electrons. The van der Waals surface area contributed by atoms with Crippen molar-refractivity contribution in [3.8, 4) is 5.75 Å². The van der Waals surface area contributed by atoms with E-state index in [0.29, 0.717) is 25.2 Å². The number of amides is 1. The second-order valence-electron chi connectivity index (χ2n) is 7.50. The Hall–Kier alpha value is -2.40. The van der Waals surface area contributed by atoms with E-state index in [2.05, 4.69) is 22.3 Å². The van der Waals surface area contributed by atoms with Gasteiger partial charge in [0.25, 0.3) is 0 Å². The predicted octanol–water partition coefficient (Wildman–Crippen LogP) is 2.99. The van der Waals surface area contributed by atoms with Gasteiger partial charge in [0.15, 0.2) is 0 Å². The number of carbonyl (C=O) groups is 1. The summed E-state index contributed by atoms with van der Waals surface area (Å²) in [6, 6.07) is 12.3. The van der Waals surface area contributed by atoms with Gasteiger partial charge in [0.2, 0.25) is 5.91 Å². The third kappa shape index (κ3) is 3.19. The van der Waals surface area contributed by atoms with Crippen LogP contribution in [0.4, 0.5) is 4.39 Å². The van der Waals surface area contributed by atoms with Crippen molar-refractivity contribution in [2.75, 3.05) is 13.1 Å². The molecule has 2 aliphatic heterocycles. The lowest BCUT2D eigenvalue weighted by molar-refractivity contribution is -0.134. The van der Waals surface area contributed by atoms with Gasteiger partial charge < -0.3 is 10.4 Å². The van der Waals surface area contributed by atoms with E-state index >= 15 is 0 Å². The lowest BCUT2D eigenvalue weighted by atomic mass is 9.74. The Bertz CT molecular complexity index is 839. The number of nitrogens with one attached hydrogen (secondary N) is 1. The lowest BCUT2D eigenvalue weighted by Crippen LogP contribution is -2.51. The third-order valence-corrected chi connectivity index (χ3v) is 5.67. The monoisotopic (exact) mass is 354 g/mol.